The zero-order valence-corrected chi connectivity index (χ0v) is 13.4. The molecule has 1 aromatic rings. The van der Waals surface area contributed by atoms with Crippen molar-refractivity contribution in [2.75, 3.05) is 32.7 Å². The highest BCUT2D eigenvalue weighted by molar-refractivity contribution is 7.10. The van der Waals surface area contributed by atoms with Gasteiger partial charge >= 0.3 is 0 Å². The molecular formula is C14H22ClN3OS. The summed E-state index contributed by atoms with van der Waals surface area (Å²) in [6, 6.07) is 2.62. The van der Waals surface area contributed by atoms with Crippen LogP contribution in [0.1, 0.15) is 17.4 Å². The lowest BCUT2D eigenvalue weighted by Gasteiger charge is -2.35. The quantitative estimate of drug-likeness (QED) is 0.895. The number of piperazine rings is 1. The molecule has 20 heavy (non-hydrogen) atoms. The highest BCUT2D eigenvalue weighted by Gasteiger charge is 2.25. The van der Waals surface area contributed by atoms with Crippen LogP contribution < -0.4 is 5.32 Å². The molecule has 4 nitrogen and oxygen atoms in total. The van der Waals surface area contributed by atoms with E-state index in [2.05, 4.69) is 28.6 Å². The first kappa shape index (κ1) is 15.8. The zero-order chi connectivity index (χ0) is 13.2. The van der Waals surface area contributed by atoms with Gasteiger partial charge in [0.1, 0.15) is 0 Å². The molecule has 1 aromatic heterocycles. The Hall–Kier alpha value is -0.620. The van der Waals surface area contributed by atoms with Crippen LogP contribution in [0.5, 0.6) is 0 Å². The van der Waals surface area contributed by atoms with Crippen molar-refractivity contribution >= 4 is 29.7 Å². The normalized spacial score (nSPS) is 23.1. The summed E-state index contributed by atoms with van der Waals surface area (Å²) < 4.78 is 0. The van der Waals surface area contributed by atoms with Gasteiger partial charge in [-0.15, -0.1) is 23.7 Å². The molecule has 1 N–H and O–H groups in total. The summed E-state index contributed by atoms with van der Waals surface area (Å²) in [7, 11) is 0. The van der Waals surface area contributed by atoms with E-state index in [9.17, 15) is 4.79 Å². The molecule has 1 saturated heterocycles. The van der Waals surface area contributed by atoms with Crippen LogP contribution in [0, 0.1) is 0 Å². The Balaban J connectivity index is 0.00000147. The van der Waals surface area contributed by atoms with Gasteiger partial charge in [-0.3, -0.25) is 9.69 Å². The number of nitrogens with one attached hydrogen (secondary N) is 1. The van der Waals surface area contributed by atoms with E-state index in [4.69, 9.17) is 0 Å². The first-order chi connectivity index (χ1) is 9.24. The number of halogens is 1. The predicted octanol–water partition coefficient (Wildman–Crippen LogP) is 1.35. The maximum absolute atomic E-state index is 12.4. The van der Waals surface area contributed by atoms with Gasteiger partial charge in [0.25, 0.3) is 0 Å². The monoisotopic (exact) mass is 315 g/mol. The average Bonchev–Trinajstić information content (AvgIpc) is 2.88. The van der Waals surface area contributed by atoms with Crippen molar-refractivity contribution < 1.29 is 4.79 Å². The topological polar surface area (TPSA) is 35.6 Å². The molecule has 0 aliphatic carbocycles. The number of hydrogen-bond acceptors (Lipinski definition) is 4. The number of amides is 1. The number of carbonyl (C=O) groups excluding carboxylic acids is 1. The standard InChI is InChI=1S/C14H21N3OS.ClH/c1-11-8-15-4-6-16(11)10-14(18)17-5-2-13-12(9-17)3-7-19-13;/h3,7,11,15H,2,4-6,8-10H2,1H3;1H. The van der Waals surface area contributed by atoms with Gasteiger partial charge in [-0.1, -0.05) is 0 Å². The Bertz CT molecular complexity index is 465. The Morgan fingerprint density at radius 2 is 2.35 bits per heavy atom. The summed E-state index contributed by atoms with van der Waals surface area (Å²) in [4.78, 5) is 18.2. The lowest BCUT2D eigenvalue weighted by atomic mass is 10.1. The smallest absolute Gasteiger partial charge is 0.237 e. The summed E-state index contributed by atoms with van der Waals surface area (Å²) in [5.41, 5.74) is 1.35. The number of thiophene rings is 1. The SMILES string of the molecule is CC1CNCCN1CC(=O)N1CCc2sccc2C1.Cl. The van der Waals surface area contributed by atoms with E-state index in [-0.39, 0.29) is 18.3 Å². The fourth-order valence-corrected chi connectivity index (χ4v) is 3.74. The van der Waals surface area contributed by atoms with Crippen LogP contribution in [0.3, 0.4) is 0 Å². The number of carbonyl (C=O) groups is 1. The second-order valence-electron chi connectivity index (χ2n) is 5.46. The van der Waals surface area contributed by atoms with Crippen molar-refractivity contribution in [3.63, 3.8) is 0 Å². The van der Waals surface area contributed by atoms with E-state index < -0.39 is 0 Å². The lowest BCUT2D eigenvalue weighted by molar-refractivity contribution is -0.134. The summed E-state index contributed by atoms with van der Waals surface area (Å²) in [5, 5.41) is 5.50. The molecule has 1 fully saturated rings. The maximum atomic E-state index is 12.4. The fraction of sp³-hybridized carbons (Fsp3) is 0.643. The summed E-state index contributed by atoms with van der Waals surface area (Å²) >= 11 is 1.82. The molecule has 3 rings (SSSR count). The van der Waals surface area contributed by atoms with Crippen molar-refractivity contribution in [2.45, 2.75) is 25.9 Å². The minimum absolute atomic E-state index is 0. The van der Waals surface area contributed by atoms with Crippen LogP contribution in [0.15, 0.2) is 11.4 Å². The first-order valence-electron chi connectivity index (χ1n) is 7.02. The number of rotatable bonds is 2. The molecule has 0 saturated carbocycles. The molecule has 6 heteroatoms. The van der Waals surface area contributed by atoms with Gasteiger partial charge in [0.15, 0.2) is 0 Å². The van der Waals surface area contributed by atoms with Gasteiger partial charge < -0.3 is 10.2 Å². The van der Waals surface area contributed by atoms with Crippen LogP contribution >= 0.6 is 23.7 Å². The van der Waals surface area contributed by atoms with Crippen LogP contribution in [-0.4, -0.2) is 54.5 Å². The molecule has 3 heterocycles. The average molecular weight is 316 g/mol. The van der Waals surface area contributed by atoms with Gasteiger partial charge in [0.2, 0.25) is 5.91 Å². The Morgan fingerprint density at radius 3 is 3.15 bits per heavy atom. The second-order valence-corrected chi connectivity index (χ2v) is 6.46. The van der Waals surface area contributed by atoms with Crippen molar-refractivity contribution in [1.29, 1.82) is 0 Å². The summed E-state index contributed by atoms with van der Waals surface area (Å²) in [6.45, 7) is 7.40. The third-order valence-corrected chi connectivity index (χ3v) is 5.16. The Labute approximate surface area is 130 Å². The van der Waals surface area contributed by atoms with Crippen LogP contribution in [0.2, 0.25) is 0 Å². The lowest BCUT2D eigenvalue weighted by Crippen LogP contribution is -2.53. The van der Waals surface area contributed by atoms with E-state index in [1.54, 1.807) is 0 Å². The van der Waals surface area contributed by atoms with Crippen molar-refractivity contribution in [1.82, 2.24) is 15.1 Å². The van der Waals surface area contributed by atoms with Gasteiger partial charge in [-0.25, -0.2) is 0 Å². The van der Waals surface area contributed by atoms with Gasteiger partial charge in [0.05, 0.1) is 6.54 Å². The fourth-order valence-electron chi connectivity index (χ4n) is 2.85. The molecule has 1 amide bonds. The number of hydrogen-bond donors (Lipinski definition) is 1. The van der Waals surface area contributed by atoms with Crippen LogP contribution in [-0.2, 0) is 17.8 Å². The van der Waals surface area contributed by atoms with E-state index in [1.807, 2.05) is 16.2 Å². The summed E-state index contributed by atoms with van der Waals surface area (Å²) in [6.07, 6.45) is 1.02. The maximum Gasteiger partial charge on any atom is 0.237 e. The molecule has 0 spiro atoms. The van der Waals surface area contributed by atoms with Gasteiger partial charge in [0, 0.05) is 43.6 Å². The Morgan fingerprint density at radius 1 is 1.50 bits per heavy atom. The van der Waals surface area contributed by atoms with E-state index in [0.29, 0.717) is 12.6 Å². The molecule has 1 atom stereocenters. The molecule has 0 bridgehead atoms. The van der Waals surface area contributed by atoms with Crippen LogP contribution in [0.4, 0.5) is 0 Å². The minimum Gasteiger partial charge on any atom is -0.337 e. The van der Waals surface area contributed by atoms with E-state index in [1.165, 1.54) is 10.4 Å². The Kier molecular flexibility index (Phi) is 5.43. The molecule has 1 unspecified atom stereocenters. The molecule has 0 radical (unpaired) electrons. The minimum atomic E-state index is 0. The number of nitrogens with zero attached hydrogens (tertiary/aromatic N) is 2. The molecular weight excluding hydrogens is 294 g/mol. The van der Waals surface area contributed by atoms with E-state index in [0.717, 1.165) is 39.1 Å². The molecule has 2 aliphatic heterocycles. The van der Waals surface area contributed by atoms with Crippen LogP contribution in [0.25, 0.3) is 0 Å². The van der Waals surface area contributed by atoms with Gasteiger partial charge in [-0.2, -0.15) is 0 Å². The number of fused-ring (bicyclic) bond motifs is 1. The van der Waals surface area contributed by atoms with Crippen molar-refractivity contribution in [3.05, 3.63) is 21.9 Å². The van der Waals surface area contributed by atoms with Crippen molar-refractivity contribution in [3.8, 4) is 0 Å². The first-order valence-corrected chi connectivity index (χ1v) is 7.90. The third kappa shape index (κ3) is 3.34. The largest absolute Gasteiger partial charge is 0.337 e. The highest BCUT2D eigenvalue weighted by atomic mass is 35.5. The highest BCUT2D eigenvalue weighted by Crippen LogP contribution is 2.24. The second kappa shape index (κ2) is 6.89. The van der Waals surface area contributed by atoms with Crippen molar-refractivity contribution in [2.24, 2.45) is 0 Å². The third-order valence-electron chi connectivity index (χ3n) is 4.14. The molecule has 2 aliphatic rings. The predicted molar refractivity (Wildman–Crippen MR) is 84.6 cm³/mol. The molecule has 0 aromatic carbocycles. The molecule has 112 valence electrons. The summed E-state index contributed by atoms with van der Waals surface area (Å²) in [5.74, 6) is 0.283. The van der Waals surface area contributed by atoms with E-state index >= 15 is 0 Å². The zero-order valence-electron chi connectivity index (χ0n) is 11.8. The van der Waals surface area contributed by atoms with Gasteiger partial charge in [-0.05, 0) is 30.4 Å².